The van der Waals surface area contributed by atoms with Crippen LogP contribution in [0.3, 0.4) is 0 Å². The van der Waals surface area contributed by atoms with Gasteiger partial charge >= 0.3 is 6.03 Å². The third kappa shape index (κ3) is 4.15. The minimum Gasteiger partial charge on any atom is -0.336 e. The molecule has 10 heteroatoms. The topological polar surface area (TPSA) is 95.1 Å². The lowest BCUT2D eigenvalue weighted by molar-refractivity contribution is -0.116. The highest BCUT2D eigenvalue weighted by atomic mass is 35.5. The highest BCUT2D eigenvalue weighted by molar-refractivity contribution is 7.71. The number of halogens is 1. The van der Waals surface area contributed by atoms with E-state index in [4.69, 9.17) is 23.8 Å². The number of aromatic amines is 1. The summed E-state index contributed by atoms with van der Waals surface area (Å²) in [5, 5.41) is 13.1. The van der Waals surface area contributed by atoms with Crippen molar-refractivity contribution in [1.82, 2.24) is 20.1 Å². The van der Waals surface area contributed by atoms with Crippen molar-refractivity contribution < 1.29 is 9.59 Å². The summed E-state index contributed by atoms with van der Waals surface area (Å²) in [6.07, 6.45) is 0. The van der Waals surface area contributed by atoms with Crippen molar-refractivity contribution in [2.75, 3.05) is 23.3 Å². The Balaban J connectivity index is 1.46. The van der Waals surface area contributed by atoms with Gasteiger partial charge in [-0.05, 0) is 60.7 Å². The van der Waals surface area contributed by atoms with Gasteiger partial charge < -0.3 is 10.6 Å². The Bertz CT molecular complexity index is 1110. The third-order valence-corrected chi connectivity index (χ3v) is 5.05. The van der Waals surface area contributed by atoms with Crippen LogP contribution in [-0.4, -0.2) is 39.8 Å². The maximum Gasteiger partial charge on any atom is 0.321 e. The van der Waals surface area contributed by atoms with Gasteiger partial charge in [0.2, 0.25) is 5.91 Å². The molecule has 1 fully saturated rings. The predicted molar refractivity (Wildman–Crippen MR) is 114 cm³/mol. The van der Waals surface area contributed by atoms with E-state index < -0.39 is 0 Å². The normalized spacial score (nSPS) is 13.4. The SMILES string of the molecule is O=C(Cn1c(-c2ccc(Cl)cc2)n[nH]c1=S)Nc1ccc(N2CCNC2=O)cc1. The molecule has 0 unspecified atom stereocenters. The lowest BCUT2D eigenvalue weighted by atomic mass is 10.2. The lowest BCUT2D eigenvalue weighted by Crippen LogP contribution is -2.27. The number of nitrogens with zero attached hydrogens (tertiary/aromatic N) is 3. The molecule has 2 heterocycles. The van der Waals surface area contributed by atoms with Gasteiger partial charge in [-0.25, -0.2) is 4.79 Å². The number of nitrogens with one attached hydrogen (secondary N) is 3. The highest BCUT2D eigenvalue weighted by Gasteiger charge is 2.21. The molecule has 1 aliphatic heterocycles. The molecule has 1 saturated heterocycles. The lowest BCUT2D eigenvalue weighted by Gasteiger charge is -2.15. The van der Waals surface area contributed by atoms with Crippen LogP contribution in [-0.2, 0) is 11.3 Å². The molecule has 8 nitrogen and oxygen atoms in total. The van der Waals surface area contributed by atoms with Crippen molar-refractivity contribution in [3.63, 3.8) is 0 Å². The monoisotopic (exact) mass is 428 g/mol. The summed E-state index contributed by atoms with van der Waals surface area (Å²) in [6, 6.07) is 14.1. The first-order valence-electron chi connectivity index (χ1n) is 8.88. The second-order valence-corrected chi connectivity index (χ2v) is 7.25. The van der Waals surface area contributed by atoms with E-state index in [0.29, 0.717) is 34.4 Å². The van der Waals surface area contributed by atoms with Crippen LogP contribution in [0.4, 0.5) is 16.2 Å². The fourth-order valence-corrected chi connectivity index (χ4v) is 3.39. The van der Waals surface area contributed by atoms with Crippen molar-refractivity contribution in [3.05, 3.63) is 58.3 Å². The summed E-state index contributed by atoms with van der Waals surface area (Å²) in [7, 11) is 0. The number of aromatic nitrogens is 3. The zero-order valence-electron chi connectivity index (χ0n) is 15.2. The number of carbonyl (C=O) groups excluding carboxylic acids is 2. The van der Waals surface area contributed by atoms with Gasteiger partial charge in [0.05, 0.1) is 0 Å². The quantitative estimate of drug-likeness (QED) is 0.542. The van der Waals surface area contributed by atoms with Crippen LogP contribution in [0.15, 0.2) is 48.5 Å². The molecular weight excluding hydrogens is 412 g/mol. The largest absolute Gasteiger partial charge is 0.336 e. The summed E-state index contributed by atoms with van der Waals surface area (Å²) in [5.74, 6) is 0.307. The van der Waals surface area contributed by atoms with Crippen molar-refractivity contribution in [2.45, 2.75) is 6.54 Å². The molecule has 29 heavy (non-hydrogen) atoms. The van der Waals surface area contributed by atoms with Crippen molar-refractivity contribution in [3.8, 4) is 11.4 Å². The first-order valence-corrected chi connectivity index (χ1v) is 9.66. The molecule has 4 rings (SSSR count). The molecule has 1 aliphatic rings. The highest BCUT2D eigenvalue weighted by Crippen LogP contribution is 2.21. The Morgan fingerprint density at radius 3 is 2.55 bits per heavy atom. The van der Waals surface area contributed by atoms with Crippen LogP contribution >= 0.6 is 23.8 Å². The summed E-state index contributed by atoms with van der Waals surface area (Å²) in [4.78, 5) is 25.9. The van der Waals surface area contributed by atoms with Gasteiger partial charge in [-0.2, -0.15) is 5.10 Å². The van der Waals surface area contributed by atoms with Crippen molar-refractivity contribution in [1.29, 1.82) is 0 Å². The molecular formula is C19H17ClN6O2S. The molecule has 0 radical (unpaired) electrons. The number of rotatable bonds is 5. The minimum atomic E-state index is -0.246. The van der Waals surface area contributed by atoms with Crippen LogP contribution in [0.1, 0.15) is 0 Å². The average Bonchev–Trinajstić information content (AvgIpc) is 3.29. The Morgan fingerprint density at radius 1 is 1.17 bits per heavy atom. The number of anilines is 2. The smallest absolute Gasteiger partial charge is 0.321 e. The molecule has 0 saturated carbocycles. The molecule has 0 atom stereocenters. The number of carbonyl (C=O) groups is 2. The second-order valence-electron chi connectivity index (χ2n) is 6.42. The van der Waals surface area contributed by atoms with Crippen LogP contribution in [0.5, 0.6) is 0 Å². The van der Waals surface area contributed by atoms with Gasteiger partial charge in [0.15, 0.2) is 10.6 Å². The summed E-state index contributed by atoms with van der Waals surface area (Å²) in [6.45, 7) is 1.25. The number of hydrogen-bond donors (Lipinski definition) is 3. The van der Waals surface area contributed by atoms with E-state index >= 15 is 0 Å². The maximum atomic E-state index is 12.5. The summed E-state index contributed by atoms with van der Waals surface area (Å²) < 4.78 is 1.97. The molecule has 148 valence electrons. The minimum absolute atomic E-state index is 0.00355. The number of benzene rings is 2. The summed E-state index contributed by atoms with van der Waals surface area (Å²) in [5.41, 5.74) is 2.20. The third-order valence-electron chi connectivity index (χ3n) is 4.48. The number of urea groups is 1. The van der Waals surface area contributed by atoms with Gasteiger partial charge in [0.1, 0.15) is 6.54 Å². The van der Waals surface area contributed by atoms with E-state index in [1.807, 2.05) is 12.1 Å². The number of hydrogen-bond acceptors (Lipinski definition) is 4. The Hall–Kier alpha value is -3.17. The van der Waals surface area contributed by atoms with Crippen molar-refractivity contribution >= 4 is 47.1 Å². The van der Waals surface area contributed by atoms with Gasteiger partial charge in [0.25, 0.3) is 0 Å². The predicted octanol–water partition coefficient (Wildman–Crippen LogP) is 3.43. The average molecular weight is 429 g/mol. The van der Waals surface area contributed by atoms with Gasteiger partial charge in [-0.1, -0.05) is 11.6 Å². The Morgan fingerprint density at radius 2 is 1.90 bits per heavy atom. The summed E-state index contributed by atoms with van der Waals surface area (Å²) >= 11 is 11.2. The molecule has 2 aromatic carbocycles. The molecule has 0 aliphatic carbocycles. The molecule has 0 bridgehead atoms. The number of amides is 3. The fourth-order valence-electron chi connectivity index (χ4n) is 3.07. The molecule has 0 spiro atoms. The van der Waals surface area contributed by atoms with E-state index in [1.165, 1.54) is 0 Å². The van der Waals surface area contributed by atoms with E-state index in [2.05, 4.69) is 20.8 Å². The fraction of sp³-hybridized carbons (Fsp3) is 0.158. The first kappa shape index (κ1) is 19.2. The zero-order chi connectivity index (χ0) is 20.4. The maximum absolute atomic E-state index is 12.5. The Labute approximate surface area is 176 Å². The van der Waals surface area contributed by atoms with Gasteiger partial charge in [-0.15, -0.1) is 0 Å². The van der Waals surface area contributed by atoms with Crippen LogP contribution < -0.4 is 15.5 Å². The molecule has 3 aromatic rings. The van der Waals surface area contributed by atoms with Crippen LogP contribution in [0.25, 0.3) is 11.4 Å². The van der Waals surface area contributed by atoms with Gasteiger partial charge in [-0.3, -0.25) is 19.4 Å². The van der Waals surface area contributed by atoms with E-state index in [1.54, 1.807) is 45.9 Å². The van der Waals surface area contributed by atoms with Crippen molar-refractivity contribution in [2.24, 2.45) is 0 Å². The molecule has 3 amide bonds. The standard InChI is InChI=1S/C19H17ClN6O2S/c20-13-3-1-12(2-4-13)17-23-24-19(29)26(17)11-16(27)22-14-5-7-15(8-6-14)25-10-9-21-18(25)28/h1-8H,9-11H2,(H,21,28)(H,22,27)(H,24,29). The van der Waals surface area contributed by atoms with E-state index in [-0.39, 0.29) is 18.5 Å². The molecule has 1 aromatic heterocycles. The number of H-pyrrole nitrogens is 1. The second kappa shape index (κ2) is 8.06. The van der Waals surface area contributed by atoms with Crippen LogP contribution in [0.2, 0.25) is 5.02 Å². The zero-order valence-corrected chi connectivity index (χ0v) is 16.8. The van der Waals surface area contributed by atoms with Gasteiger partial charge in [0, 0.05) is 35.1 Å². The first-order chi connectivity index (χ1) is 14.0. The van der Waals surface area contributed by atoms with Crippen LogP contribution in [0, 0.1) is 4.77 Å². The molecule has 3 N–H and O–H groups in total. The van der Waals surface area contributed by atoms with E-state index in [9.17, 15) is 9.59 Å². The Kier molecular flexibility index (Phi) is 5.32. The van der Waals surface area contributed by atoms with E-state index in [0.717, 1.165) is 11.3 Å².